The van der Waals surface area contributed by atoms with Gasteiger partial charge in [0.25, 0.3) is 0 Å². The van der Waals surface area contributed by atoms with Crippen LogP contribution in [0.1, 0.15) is 19.4 Å². The average Bonchev–Trinajstić information content (AvgIpc) is 2.07. The van der Waals surface area contributed by atoms with Crippen LogP contribution in [-0.2, 0) is 6.42 Å². The van der Waals surface area contributed by atoms with Crippen LogP contribution in [0.3, 0.4) is 0 Å². The van der Waals surface area contributed by atoms with Gasteiger partial charge < -0.3 is 0 Å². The normalized spacial score (nSPS) is 10.5. The second kappa shape index (κ2) is 4.47. The van der Waals surface area contributed by atoms with Crippen LogP contribution in [0.2, 0.25) is 5.15 Å². The Balaban J connectivity index is 2.86. The van der Waals surface area contributed by atoms with Crippen molar-refractivity contribution in [3.8, 4) is 0 Å². The molecular formula is C10H15ClNO+. The molecule has 0 saturated heterocycles. The first-order chi connectivity index (χ1) is 6.13. The summed E-state index contributed by atoms with van der Waals surface area (Å²) in [6.45, 7) is 4.37. The van der Waals surface area contributed by atoms with Gasteiger partial charge in [-0.15, -0.1) is 0 Å². The average molecular weight is 201 g/mol. The fraction of sp³-hybridized carbons (Fsp3) is 0.500. The smallest absolute Gasteiger partial charge is 0.273 e. The van der Waals surface area contributed by atoms with E-state index < -0.39 is 0 Å². The molecule has 0 saturated carbocycles. The van der Waals surface area contributed by atoms with Gasteiger partial charge in [0.1, 0.15) is 7.11 Å². The Hall–Kier alpha value is -0.760. The number of rotatable bonds is 3. The third-order valence-electron chi connectivity index (χ3n) is 1.77. The van der Waals surface area contributed by atoms with Gasteiger partial charge in [-0.2, -0.15) is 0 Å². The van der Waals surface area contributed by atoms with Crippen LogP contribution in [-0.4, -0.2) is 7.11 Å². The molecule has 3 heteroatoms. The molecule has 1 heterocycles. The first-order valence-corrected chi connectivity index (χ1v) is 4.76. The van der Waals surface area contributed by atoms with Crippen LogP contribution in [0.15, 0.2) is 18.3 Å². The summed E-state index contributed by atoms with van der Waals surface area (Å²) in [4.78, 5) is 5.05. The van der Waals surface area contributed by atoms with Crippen molar-refractivity contribution in [2.24, 2.45) is 5.92 Å². The van der Waals surface area contributed by atoms with Gasteiger partial charge in [-0.1, -0.05) is 13.8 Å². The second-order valence-electron chi connectivity index (χ2n) is 3.47. The van der Waals surface area contributed by atoms with E-state index in [0.29, 0.717) is 11.1 Å². The van der Waals surface area contributed by atoms with Gasteiger partial charge in [-0.05, 0) is 30.0 Å². The number of halogens is 1. The minimum Gasteiger partial charge on any atom is -0.273 e. The molecule has 0 amide bonds. The van der Waals surface area contributed by atoms with E-state index in [9.17, 15) is 0 Å². The van der Waals surface area contributed by atoms with Gasteiger partial charge >= 0.3 is 5.15 Å². The van der Waals surface area contributed by atoms with E-state index >= 15 is 0 Å². The summed E-state index contributed by atoms with van der Waals surface area (Å²) in [6.07, 6.45) is 2.96. The third kappa shape index (κ3) is 2.88. The lowest BCUT2D eigenvalue weighted by Crippen LogP contribution is -2.41. The summed E-state index contributed by atoms with van der Waals surface area (Å²) in [5.74, 6) is 0.645. The Morgan fingerprint density at radius 2 is 2.15 bits per heavy atom. The zero-order valence-corrected chi connectivity index (χ0v) is 9.01. The lowest BCUT2D eigenvalue weighted by Gasteiger charge is -2.02. The highest BCUT2D eigenvalue weighted by molar-refractivity contribution is 6.28. The van der Waals surface area contributed by atoms with Crippen LogP contribution in [0.5, 0.6) is 0 Å². The molecule has 0 spiro atoms. The summed E-state index contributed by atoms with van der Waals surface area (Å²) in [7, 11) is 1.60. The van der Waals surface area contributed by atoms with Gasteiger partial charge in [0, 0.05) is 16.4 Å². The first kappa shape index (κ1) is 10.3. The van der Waals surface area contributed by atoms with Crippen LogP contribution in [0.4, 0.5) is 0 Å². The highest BCUT2D eigenvalue weighted by Gasteiger charge is 2.10. The van der Waals surface area contributed by atoms with Crippen LogP contribution in [0, 0.1) is 5.92 Å². The maximum absolute atomic E-state index is 5.87. The maximum Gasteiger partial charge on any atom is 0.325 e. The van der Waals surface area contributed by atoms with Crippen molar-refractivity contribution in [1.82, 2.24) is 0 Å². The Bertz CT molecular complexity index is 286. The van der Waals surface area contributed by atoms with Crippen LogP contribution >= 0.6 is 11.6 Å². The van der Waals surface area contributed by atoms with Gasteiger partial charge in [0.15, 0.2) is 0 Å². The topological polar surface area (TPSA) is 13.1 Å². The molecule has 0 radical (unpaired) electrons. The summed E-state index contributed by atoms with van der Waals surface area (Å²) < 4.78 is 1.57. The molecular weight excluding hydrogens is 186 g/mol. The molecule has 1 rings (SSSR count). The summed E-state index contributed by atoms with van der Waals surface area (Å²) in [5.41, 5.74) is 1.24. The molecule has 2 nitrogen and oxygen atoms in total. The third-order valence-corrected chi connectivity index (χ3v) is 2.06. The van der Waals surface area contributed by atoms with E-state index in [1.807, 2.05) is 18.3 Å². The molecule has 13 heavy (non-hydrogen) atoms. The molecule has 72 valence electrons. The zero-order chi connectivity index (χ0) is 9.84. The van der Waals surface area contributed by atoms with Crippen LogP contribution in [0.25, 0.3) is 0 Å². The van der Waals surface area contributed by atoms with Gasteiger partial charge in [-0.3, -0.25) is 4.84 Å². The van der Waals surface area contributed by atoms with Gasteiger partial charge in [0.2, 0.25) is 6.20 Å². The fourth-order valence-corrected chi connectivity index (χ4v) is 1.42. The number of nitrogens with zero attached hydrogens (tertiary/aromatic N) is 1. The minimum absolute atomic E-state index is 0.593. The monoisotopic (exact) mass is 200 g/mol. The van der Waals surface area contributed by atoms with Crippen molar-refractivity contribution in [2.45, 2.75) is 20.3 Å². The van der Waals surface area contributed by atoms with Gasteiger partial charge in [-0.25, -0.2) is 0 Å². The molecule has 0 aromatic carbocycles. The van der Waals surface area contributed by atoms with Crippen molar-refractivity contribution in [1.29, 1.82) is 0 Å². The van der Waals surface area contributed by atoms with Crippen molar-refractivity contribution < 1.29 is 9.57 Å². The summed E-state index contributed by atoms with van der Waals surface area (Å²) in [6, 6.07) is 3.88. The highest BCUT2D eigenvalue weighted by Crippen LogP contribution is 2.08. The molecule has 0 aliphatic heterocycles. The van der Waals surface area contributed by atoms with Crippen molar-refractivity contribution in [3.63, 3.8) is 0 Å². The number of hydrogen-bond acceptors (Lipinski definition) is 1. The fourth-order valence-electron chi connectivity index (χ4n) is 1.24. The Labute approximate surface area is 84.1 Å². The van der Waals surface area contributed by atoms with E-state index in [2.05, 4.69) is 13.8 Å². The molecule has 0 unspecified atom stereocenters. The molecule has 0 atom stereocenters. The Morgan fingerprint density at radius 1 is 1.46 bits per heavy atom. The first-order valence-electron chi connectivity index (χ1n) is 4.38. The Kier molecular flexibility index (Phi) is 3.55. The largest absolute Gasteiger partial charge is 0.325 e. The van der Waals surface area contributed by atoms with E-state index in [1.54, 1.807) is 11.8 Å². The highest BCUT2D eigenvalue weighted by atomic mass is 35.5. The predicted octanol–water partition coefficient (Wildman–Crippen LogP) is 1.88. The number of pyridine rings is 1. The SMILES string of the molecule is CO[n+]1cc(CC(C)C)ccc1Cl. The molecule has 1 aromatic rings. The quantitative estimate of drug-likeness (QED) is 0.537. The van der Waals surface area contributed by atoms with Crippen molar-refractivity contribution >= 4 is 11.6 Å². The summed E-state index contributed by atoms with van der Waals surface area (Å²) in [5, 5.41) is 0.593. The minimum atomic E-state index is 0.593. The predicted molar refractivity (Wildman–Crippen MR) is 52.7 cm³/mol. The van der Waals surface area contributed by atoms with E-state index in [-0.39, 0.29) is 0 Å². The van der Waals surface area contributed by atoms with Crippen LogP contribution < -0.4 is 9.57 Å². The maximum atomic E-state index is 5.87. The molecule has 0 aliphatic rings. The van der Waals surface area contributed by atoms with Crippen molar-refractivity contribution in [2.75, 3.05) is 7.11 Å². The second-order valence-corrected chi connectivity index (χ2v) is 3.85. The van der Waals surface area contributed by atoms with E-state index in [0.717, 1.165) is 6.42 Å². The zero-order valence-electron chi connectivity index (χ0n) is 8.25. The molecule has 0 N–H and O–H groups in total. The number of aromatic nitrogens is 1. The van der Waals surface area contributed by atoms with Gasteiger partial charge in [0.05, 0.1) is 0 Å². The number of hydrogen-bond donors (Lipinski definition) is 0. The van der Waals surface area contributed by atoms with Crippen molar-refractivity contribution in [3.05, 3.63) is 29.0 Å². The lowest BCUT2D eigenvalue weighted by atomic mass is 10.1. The molecule has 1 aromatic heterocycles. The summed E-state index contributed by atoms with van der Waals surface area (Å²) >= 11 is 5.87. The molecule has 0 fully saturated rings. The van der Waals surface area contributed by atoms with E-state index in [4.69, 9.17) is 16.4 Å². The standard InChI is InChI=1S/C10H15ClNO/c1-8(2)6-9-4-5-10(11)12(7-9)13-3/h4-5,7-8H,6H2,1-3H3/q+1. The molecule has 0 aliphatic carbocycles. The Morgan fingerprint density at radius 3 is 2.69 bits per heavy atom. The lowest BCUT2D eigenvalue weighted by molar-refractivity contribution is -0.884. The molecule has 0 bridgehead atoms. The van der Waals surface area contributed by atoms with E-state index in [1.165, 1.54) is 5.56 Å².